The summed E-state index contributed by atoms with van der Waals surface area (Å²) < 4.78 is 21.2. The van der Waals surface area contributed by atoms with E-state index >= 15 is 0 Å². The highest BCUT2D eigenvalue weighted by atomic mass is 16.9. The number of aliphatic hydroxyl groups is 6. The SMILES string of the molecule is CNC(=O)N(C)N1C(=O)c2cc3c(cc2C2=C(O)C(O)(O)[C@@]4(O)OC(C)(C)O[C@@]4(O)[C@@]21O)OCO3. The maximum Gasteiger partial charge on any atom is 0.335 e. The third-order valence-electron chi connectivity index (χ3n) is 6.43. The first-order valence-corrected chi connectivity index (χ1v) is 10.3. The van der Waals surface area contributed by atoms with Gasteiger partial charge in [0.2, 0.25) is 6.79 Å². The molecule has 35 heavy (non-hydrogen) atoms. The number of amides is 3. The van der Waals surface area contributed by atoms with Gasteiger partial charge in [-0.3, -0.25) is 4.79 Å². The molecule has 0 spiro atoms. The van der Waals surface area contributed by atoms with Gasteiger partial charge in [-0.15, -0.1) is 0 Å². The summed E-state index contributed by atoms with van der Waals surface area (Å²) in [5, 5.41) is 70.9. The average Bonchev–Trinajstić information content (AvgIpc) is 3.30. The molecule has 1 fully saturated rings. The van der Waals surface area contributed by atoms with Crippen molar-refractivity contribution in [2.75, 3.05) is 20.9 Å². The molecule has 1 aliphatic carbocycles. The van der Waals surface area contributed by atoms with E-state index in [1.165, 1.54) is 13.1 Å². The fraction of sp³-hybridized carbons (Fsp3) is 0.500. The summed E-state index contributed by atoms with van der Waals surface area (Å²) in [6.45, 7) is 2.09. The second-order valence-corrected chi connectivity index (χ2v) is 8.91. The maximum absolute atomic E-state index is 13.7. The number of carbonyl (C=O) groups excluding carboxylic acids is 2. The van der Waals surface area contributed by atoms with Crippen molar-refractivity contribution in [1.82, 2.24) is 15.3 Å². The van der Waals surface area contributed by atoms with Crippen molar-refractivity contribution < 1.29 is 59.2 Å². The monoisotopic (exact) mass is 497 g/mol. The quantitative estimate of drug-likeness (QED) is 0.207. The molecular weight excluding hydrogens is 474 g/mol. The molecule has 15 nitrogen and oxygen atoms in total. The van der Waals surface area contributed by atoms with Crippen LogP contribution in [-0.2, 0) is 9.47 Å². The molecule has 0 aromatic heterocycles. The van der Waals surface area contributed by atoms with Crippen LogP contribution in [0.5, 0.6) is 11.5 Å². The maximum atomic E-state index is 13.7. The number of ether oxygens (including phenoxy) is 4. The van der Waals surface area contributed by atoms with Crippen LogP contribution in [0.25, 0.3) is 5.57 Å². The number of carbonyl (C=O) groups is 2. The van der Waals surface area contributed by atoms with E-state index in [2.05, 4.69) is 5.32 Å². The van der Waals surface area contributed by atoms with Crippen LogP contribution in [0.3, 0.4) is 0 Å². The summed E-state index contributed by atoms with van der Waals surface area (Å²) in [5.74, 6) is -15.5. The van der Waals surface area contributed by atoms with Crippen molar-refractivity contribution in [2.24, 2.45) is 0 Å². The van der Waals surface area contributed by atoms with Crippen LogP contribution in [0, 0.1) is 0 Å². The van der Waals surface area contributed by atoms with Gasteiger partial charge in [0.1, 0.15) is 0 Å². The summed E-state index contributed by atoms with van der Waals surface area (Å²) in [7, 11) is 2.25. The smallest absolute Gasteiger partial charge is 0.335 e. The molecule has 3 amide bonds. The van der Waals surface area contributed by atoms with Gasteiger partial charge in [-0.2, -0.15) is 0 Å². The average molecular weight is 497 g/mol. The lowest BCUT2D eigenvalue weighted by Gasteiger charge is -2.59. The van der Waals surface area contributed by atoms with E-state index in [1.54, 1.807) is 0 Å². The lowest BCUT2D eigenvalue weighted by molar-refractivity contribution is -0.452. The third-order valence-corrected chi connectivity index (χ3v) is 6.43. The van der Waals surface area contributed by atoms with E-state index in [1.807, 2.05) is 0 Å². The Morgan fingerprint density at radius 3 is 2.14 bits per heavy atom. The summed E-state index contributed by atoms with van der Waals surface area (Å²) in [5.41, 5.74) is -4.90. The number of urea groups is 1. The second-order valence-electron chi connectivity index (χ2n) is 8.91. The fourth-order valence-electron chi connectivity index (χ4n) is 4.91. The van der Waals surface area contributed by atoms with Crippen LogP contribution >= 0.6 is 0 Å². The molecule has 0 unspecified atom stereocenters. The number of fused-ring (bicyclic) bond motifs is 6. The highest BCUT2D eigenvalue weighted by Gasteiger charge is 2.87. The molecule has 5 rings (SSSR count). The van der Waals surface area contributed by atoms with Gasteiger partial charge in [0.05, 0.1) is 11.1 Å². The first kappa shape index (κ1) is 23.6. The molecule has 15 heteroatoms. The van der Waals surface area contributed by atoms with E-state index in [0.29, 0.717) is 5.01 Å². The normalized spacial score (nSPS) is 33.7. The molecule has 4 aliphatic rings. The summed E-state index contributed by atoms with van der Waals surface area (Å²) in [6.07, 6.45) is 0. The van der Waals surface area contributed by atoms with E-state index < -0.39 is 52.1 Å². The molecule has 3 heterocycles. The number of hydrogen-bond acceptors (Lipinski definition) is 12. The number of rotatable bonds is 1. The minimum absolute atomic E-state index is 0.0607. The van der Waals surface area contributed by atoms with Crippen LogP contribution in [-0.4, -0.2) is 102 Å². The van der Waals surface area contributed by atoms with Crippen LogP contribution in [0.15, 0.2) is 17.9 Å². The largest absolute Gasteiger partial charge is 0.506 e. The predicted octanol–water partition coefficient (Wildman–Crippen LogP) is -2.13. The van der Waals surface area contributed by atoms with Crippen LogP contribution in [0.1, 0.15) is 29.8 Å². The van der Waals surface area contributed by atoms with Gasteiger partial charge in [0, 0.05) is 19.7 Å². The molecular formula is C20H23N3O12. The fourth-order valence-corrected chi connectivity index (χ4v) is 4.91. The second kappa shape index (κ2) is 6.52. The van der Waals surface area contributed by atoms with Crippen molar-refractivity contribution in [3.05, 3.63) is 29.0 Å². The lowest BCUT2D eigenvalue weighted by atomic mass is 9.70. The van der Waals surface area contributed by atoms with Crippen molar-refractivity contribution in [3.8, 4) is 11.5 Å². The molecule has 3 atom stereocenters. The molecule has 190 valence electrons. The van der Waals surface area contributed by atoms with Crippen molar-refractivity contribution in [2.45, 2.75) is 42.7 Å². The minimum atomic E-state index is -3.79. The number of aliphatic hydroxyl groups excluding tert-OH is 1. The Bertz CT molecular complexity index is 1210. The highest BCUT2D eigenvalue weighted by molar-refractivity contribution is 6.07. The van der Waals surface area contributed by atoms with E-state index in [9.17, 15) is 40.2 Å². The molecule has 1 aromatic carbocycles. The van der Waals surface area contributed by atoms with Gasteiger partial charge in [0.15, 0.2) is 23.0 Å². The number of hydrazine groups is 1. The van der Waals surface area contributed by atoms with Crippen molar-refractivity contribution >= 4 is 17.5 Å². The van der Waals surface area contributed by atoms with Gasteiger partial charge in [-0.05, 0) is 26.0 Å². The van der Waals surface area contributed by atoms with Gasteiger partial charge < -0.3 is 54.9 Å². The standard InChI is InChI=1S/C20H23N3O12/c1-16(2)34-19(30)17(27)12(13(24)18(28,29)20(19,31)35-16)8-5-10-11(33-7-32-10)6-9(8)14(25)23(17)22(4)15(26)21-3/h5-6,24,27-31H,7H2,1-4H3,(H,21,26)/t17-,19-,20+/m0/s1. The Hall–Kier alpha value is -3.18. The Labute approximate surface area is 196 Å². The Balaban J connectivity index is 1.92. The third kappa shape index (κ3) is 2.47. The van der Waals surface area contributed by atoms with Crippen molar-refractivity contribution in [3.63, 3.8) is 0 Å². The molecule has 3 aliphatic heterocycles. The zero-order valence-electron chi connectivity index (χ0n) is 18.9. The molecule has 0 saturated carbocycles. The molecule has 1 aromatic rings. The van der Waals surface area contributed by atoms with Gasteiger partial charge >= 0.3 is 6.03 Å². The topological polar surface area (TPSA) is 211 Å². The van der Waals surface area contributed by atoms with Crippen molar-refractivity contribution in [1.29, 1.82) is 0 Å². The van der Waals surface area contributed by atoms with Gasteiger partial charge in [-0.25, -0.2) is 14.8 Å². The predicted molar refractivity (Wildman–Crippen MR) is 109 cm³/mol. The Kier molecular flexibility index (Phi) is 4.39. The molecule has 1 saturated heterocycles. The zero-order chi connectivity index (χ0) is 25.9. The van der Waals surface area contributed by atoms with Gasteiger partial charge in [0.25, 0.3) is 29.0 Å². The Morgan fingerprint density at radius 1 is 1.03 bits per heavy atom. The summed E-state index contributed by atoms with van der Waals surface area (Å²) in [6, 6.07) is 1.35. The van der Waals surface area contributed by atoms with Gasteiger partial charge in [-0.1, -0.05) is 0 Å². The number of benzene rings is 1. The zero-order valence-corrected chi connectivity index (χ0v) is 18.9. The van der Waals surface area contributed by atoms with Crippen LogP contribution in [0.4, 0.5) is 4.79 Å². The molecule has 0 radical (unpaired) electrons. The molecule has 0 bridgehead atoms. The Morgan fingerprint density at radius 2 is 1.57 bits per heavy atom. The van der Waals surface area contributed by atoms with E-state index in [4.69, 9.17) is 18.9 Å². The van der Waals surface area contributed by atoms with E-state index in [-0.39, 0.29) is 34.4 Å². The lowest BCUT2D eigenvalue weighted by Crippen LogP contribution is -2.84. The summed E-state index contributed by atoms with van der Waals surface area (Å²) in [4.78, 5) is 26.3. The number of nitrogens with zero attached hydrogens (tertiary/aromatic N) is 2. The first-order valence-electron chi connectivity index (χ1n) is 10.3. The summed E-state index contributed by atoms with van der Waals surface area (Å²) >= 11 is 0. The van der Waals surface area contributed by atoms with Crippen LogP contribution in [0.2, 0.25) is 0 Å². The number of nitrogens with one attached hydrogen (secondary N) is 1. The highest BCUT2D eigenvalue weighted by Crippen LogP contribution is 2.63. The van der Waals surface area contributed by atoms with Crippen LogP contribution < -0.4 is 14.8 Å². The van der Waals surface area contributed by atoms with E-state index in [0.717, 1.165) is 27.0 Å². The molecule has 7 N–H and O–H groups in total. The minimum Gasteiger partial charge on any atom is -0.506 e. The first-order chi connectivity index (χ1) is 16.1. The number of hydrogen-bond donors (Lipinski definition) is 7.